The van der Waals surface area contributed by atoms with Gasteiger partial charge in [0.05, 0.1) is 0 Å². The molecule has 3 N–H and O–H groups in total. The summed E-state index contributed by atoms with van der Waals surface area (Å²) in [7, 11) is 0. The second-order valence-electron chi connectivity index (χ2n) is 6.87. The summed E-state index contributed by atoms with van der Waals surface area (Å²) < 4.78 is 32.3. The molecule has 12 heteroatoms. The molecular weight excluding hydrogens is 503 g/mol. The molecule has 0 unspecified atom stereocenters. The van der Waals surface area contributed by atoms with Crippen molar-refractivity contribution in [2.75, 3.05) is 5.32 Å². The van der Waals surface area contributed by atoms with Crippen molar-refractivity contribution >= 4 is 48.3 Å². The van der Waals surface area contributed by atoms with Gasteiger partial charge >= 0.3 is 167 Å². The van der Waals surface area contributed by atoms with Crippen LogP contribution in [-0.2, 0) is 16.0 Å². The SMILES string of the molecule is O=C(Nc1ccc(CCCC(C(=O)O)C(=O)O)cc1)c1nnc([As]c2ccc(F)c(F)c2)o1. The summed E-state index contributed by atoms with van der Waals surface area (Å²) in [4.78, 5) is 34.1. The molecule has 0 atom stereocenters. The zero-order chi connectivity index (χ0) is 24.0. The second kappa shape index (κ2) is 10.8. The Hall–Kier alpha value is -3.59. The summed E-state index contributed by atoms with van der Waals surface area (Å²) >= 11 is -0.926. The number of carbonyl (C=O) groups excluding carboxylic acids is 1. The molecule has 0 aliphatic rings. The van der Waals surface area contributed by atoms with Crippen molar-refractivity contribution in [1.29, 1.82) is 0 Å². The Labute approximate surface area is 192 Å². The van der Waals surface area contributed by atoms with Crippen LogP contribution in [0.4, 0.5) is 14.5 Å². The van der Waals surface area contributed by atoms with Crippen LogP contribution in [0.5, 0.6) is 0 Å². The van der Waals surface area contributed by atoms with Crippen molar-refractivity contribution in [1.82, 2.24) is 10.2 Å². The number of hydrogen-bond acceptors (Lipinski definition) is 6. The van der Waals surface area contributed by atoms with Crippen molar-refractivity contribution in [3.05, 3.63) is 65.6 Å². The van der Waals surface area contributed by atoms with E-state index in [-0.39, 0.29) is 17.0 Å². The molecule has 1 radical (unpaired) electrons. The van der Waals surface area contributed by atoms with Gasteiger partial charge in [-0.1, -0.05) is 0 Å². The molecule has 1 heterocycles. The molecule has 2 aromatic carbocycles. The van der Waals surface area contributed by atoms with Gasteiger partial charge in [0, 0.05) is 0 Å². The predicted octanol–water partition coefficient (Wildman–Crippen LogP) is 1.36. The van der Waals surface area contributed by atoms with E-state index in [1.165, 1.54) is 6.07 Å². The van der Waals surface area contributed by atoms with E-state index in [1.807, 2.05) is 0 Å². The zero-order valence-electron chi connectivity index (χ0n) is 16.9. The molecule has 3 rings (SSSR count). The van der Waals surface area contributed by atoms with Gasteiger partial charge in [0.1, 0.15) is 0 Å². The average molecular weight is 520 g/mol. The van der Waals surface area contributed by atoms with Crippen LogP contribution >= 0.6 is 0 Å². The van der Waals surface area contributed by atoms with E-state index in [0.29, 0.717) is 22.9 Å². The molecule has 0 bridgehead atoms. The van der Waals surface area contributed by atoms with E-state index in [9.17, 15) is 23.2 Å². The molecule has 33 heavy (non-hydrogen) atoms. The number of aryl methyl sites for hydroxylation is 1. The van der Waals surface area contributed by atoms with Crippen LogP contribution in [0.3, 0.4) is 0 Å². The van der Waals surface area contributed by atoms with E-state index in [2.05, 4.69) is 15.5 Å². The van der Waals surface area contributed by atoms with Crippen LogP contribution in [0.15, 0.2) is 46.9 Å². The Kier molecular flexibility index (Phi) is 7.89. The zero-order valence-corrected chi connectivity index (χ0v) is 18.7. The number of amides is 1. The number of carboxylic acids is 2. The Morgan fingerprint density at radius 2 is 1.70 bits per heavy atom. The number of halogens is 2. The van der Waals surface area contributed by atoms with E-state index in [0.717, 1.165) is 17.7 Å². The first-order valence-corrected chi connectivity index (χ1v) is 11.5. The first kappa shape index (κ1) is 24.1. The Morgan fingerprint density at radius 1 is 1.00 bits per heavy atom. The molecule has 1 aromatic heterocycles. The van der Waals surface area contributed by atoms with Gasteiger partial charge in [-0.25, -0.2) is 0 Å². The molecule has 0 aliphatic heterocycles. The first-order chi connectivity index (χ1) is 15.7. The van der Waals surface area contributed by atoms with Gasteiger partial charge < -0.3 is 10.2 Å². The topological polar surface area (TPSA) is 143 Å². The molecule has 0 spiro atoms. The molecule has 0 saturated carbocycles. The summed E-state index contributed by atoms with van der Waals surface area (Å²) in [5, 5.41) is 27.8. The monoisotopic (exact) mass is 520 g/mol. The number of aromatic nitrogens is 2. The van der Waals surface area contributed by atoms with E-state index < -0.39 is 51.2 Å². The summed E-state index contributed by atoms with van der Waals surface area (Å²) in [6.07, 6.45) is 0.862. The summed E-state index contributed by atoms with van der Waals surface area (Å²) in [6.45, 7) is 0. The number of anilines is 1. The number of hydrogen-bond donors (Lipinski definition) is 3. The third-order valence-electron chi connectivity index (χ3n) is 4.50. The molecule has 0 saturated heterocycles. The number of aliphatic carboxylic acids is 2. The fourth-order valence-electron chi connectivity index (χ4n) is 2.82. The number of benzene rings is 2. The van der Waals surface area contributed by atoms with E-state index >= 15 is 0 Å². The quantitative estimate of drug-likeness (QED) is 0.269. The van der Waals surface area contributed by atoms with Gasteiger partial charge in [-0.3, -0.25) is 9.59 Å². The van der Waals surface area contributed by atoms with Crippen LogP contribution < -0.4 is 14.3 Å². The number of carboxylic acid groups (broad SMARTS) is 2. The third kappa shape index (κ3) is 6.69. The van der Waals surface area contributed by atoms with Crippen LogP contribution in [0.2, 0.25) is 0 Å². The minimum atomic E-state index is -1.44. The van der Waals surface area contributed by atoms with Gasteiger partial charge in [0.2, 0.25) is 0 Å². The fourth-order valence-corrected chi connectivity index (χ4v) is 4.43. The van der Waals surface area contributed by atoms with Crippen LogP contribution in [0.25, 0.3) is 0 Å². The van der Waals surface area contributed by atoms with Crippen LogP contribution in [0, 0.1) is 17.6 Å². The Bertz CT molecular complexity index is 1160. The van der Waals surface area contributed by atoms with Crippen molar-refractivity contribution in [3.8, 4) is 0 Å². The summed E-state index contributed by atoms with van der Waals surface area (Å²) in [6, 6.07) is 10.2. The van der Waals surface area contributed by atoms with Gasteiger partial charge in [-0.15, -0.1) is 0 Å². The number of carbonyl (C=O) groups is 3. The van der Waals surface area contributed by atoms with E-state index in [4.69, 9.17) is 14.6 Å². The predicted molar refractivity (Wildman–Crippen MR) is 112 cm³/mol. The number of rotatable bonds is 10. The standard InChI is InChI=1S/C21H17AsF2N3O6/c23-15-9-6-12(10-16(15)24)22-21-27-26-18(33-21)17(28)25-13-7-4-11(5-8-13)2-1-3-14(19(29)30)20(31)32/h4-10,14H,1-3H2,(H,25,28)(H,29,30)(H,31,32). The molecule has 0 aliphatic carbocycles. The van der Waals surface area contributed by atoms with Crippen molar-refractivity contribution in [2.45, 2.75) is 19.3 Å². The molecule has 171 valence electrons. The van der Waals surface area contributed by atoms with Crippen LogP contribution in [0.1, 0.15) is 29.1 Å². The maximum atomic E-state index is 13.3. The van der Waals surface area contributed by atoms with Crippen molar-refractivity contribution in [2.24, 2.45) is 5.92 Å². The van der Waals surface area contributed by atoms with Crippen LogP contribution in [-0.4, -0.2) is 54.0 Å². The molecule has 9 nitrogen and oxygen atoms in total. The van der Waals surface area contributed by atoms with Gasteiger partial charge in [-0.05, 0) is 0 Å². The second-order valence-corrected chi connectivity index (χ2v) is 9.23. The maximum absolute atomic E-state index is 13.3. The molecular formula is C21H17AsF2N3O6. The minimum absolute atomic E-state index is 0.00938. The van der Waals surface area contributed by atoms with Crippen molar-refractivity contribution < 1.29 is 37.8 Å². The third-order valence-corrected chi connectivity index (χ3v) is 6.41. The van der Waals surface area contributed by atoms with Crippen molar-refractivity contribution in [3.63, 3.8) is 0 Å². The average Bonchev–Trinajstić information content (AvgIpc) is 3.23. The summed E-state index contributed by atoms with van der Waals surface area (Å²) in [5.41, 5.74) is 1.30. The van der Waals surface area contributed by atoms with E-state index in [1.54, 1.807) is 24.3 Å². The van der Waals surface area contributed by atoms with Gasteiger partial charge in [-0.2, -0.15) is 0 Å². The fraction of sp³-hybridized carbons (Fsp3) is 0.190. The van der Waals surface area contributed by atoms with Gasteiger partial charge in [0.15, 0.2) is 5.92 Å². The van der Waals surface area contributed by atoms with Gasteiger partial charge in [0.25, 0.3) is 0 Å². The first-order valence-electron chi connectivity index (χ1n) is 9.59. The summed E-state index contributed by atoms with van der Waals surface area (Å²) in [5.74, 6) is -7.02. The number of nitrogens with zero attached hydrogens (tertiary/aromatic N) is 2. The Balaban J connectivity index is 1.53. The number of nitrogens with one attached hydrogen (secondary N) is 1. The Morgan fingerprint density at radius 3 is 2.33 bits per heavy atom. The molecule has 3 aromatic rings. The normalized spacial score (nSPS) is 11.2. The molecule has 1 amide bonds. The molecule has 0 fully saturated rings.